The van der Waals surface area contributed by atoms with Gasteiger partial charge in [-0.05, 0) is 13.8 Å². The predicted octanol–water partition coefficient (Wildman–Crippen LogP) is 0.712. The summed E-state index contributed by atoms with van der Waals surface area (Å²) in [6.07, 6.45) is 1.43. The van der Waals surface area contributed by atoms with Crippen molar-refractivity contribution < 1.29 is 4.79 Å². The first kappa shape index (κ1) is 14.5. The molecule has 0 radical (unpaired) electrons. The van der Waals surface area contributed by atoms with E-state index in [1.807, 2.05) is 6.92 Å². The molecule has 1 rings (SSSR count). The first-order valence-corrected chi connectivity index (χ1v) is 5.99. The molecule has 7 heteroatoms. The van der Waals surface area contributed by atoms with Crippen LogP contribution in [0.2, 0.25) is 5.02 Å². The summed E-state index contributed by atoms with van der Waals surface area (Å²) in [6.45, 7) is 4.22. The molecule has 1 unspecified atom stereocenters. The van der Waals surface area contributed by atoms with Gasteiger partial charge in [0.15, 0.2) is 0 Å². The molecule has 0 aliphatic carbocycles. The number of aromatic nitrogens is 2. The Kier molecular flexibility index (Phi) is 4.72. The van der Waals surface area contributed by atoms with E-state index in [-0.39, 0.29) is 10.9 Å². The van der Waals surface area contributed by atoms with Gasteiger partial charge in [-0.3, -0.25) is 9.59 Å². The van der Waals surface area contributed by atoms with Gasteiger partial charge < -0.3 is 10.2 Å². The summed E-state index contributed by atoms with van der Waals surface area (Å²) >= 11 is 5.90. The van der Waals surface area contributed by atoms with Gasteiger partial charge in [0.2, 0.25) is 5.91 Å². The molecular weight excluding hydrogens is 256 g/mol. The van der Waals surface area contributed by atoms with Gasteiger partial charge in [0.1, 0.15) is 11.1 Å². The van der Waals surface area contributed by atoms with E-state index in [1.54, 1.807) is 18.9 Å². The van der Waals surface area contributed by atoms with Crippen LogP contribution in [-0.4, -0.2) is 40.2 Å². The molecule has 0 aromatic carbocycles. The van der Waals surface area contributed by atoms with E-state index in [0.717, 1.165) is 4.68 Å². The fourth-order valence-electron chi connectivity index (χ4n) is 1.39. The van der Waals surface area contributed by atoms with Gasteiger partial charge in [-0.1, -0.05) is 11.6 Å². The van der Waals surface area contributed by atoms with E-state index in [1.165, 1.54) is 13.2 Å². The van der Waals surface area contributed by atoms with Crippen molar-refractivity contribution in [3.8, 4) is 0 Å². The van der Waals surface area contributed by atoms with Crippen LogP contribution in [0.15, 0.2) is 11.0 Å². The number of hydrogen-bond donors (Lipinski definition) is 1. The van der Waals surface area contributed by atoms with Crippen molar-refractivity contribution in [2.45, 2.75) is 19.9 Å². The van der Waals surface area contributed by atoms with Gasteiger partial charge in [-0.15, -0.1) is 0 Å². The van der Waals surface area contributed by atoms with Crippen LogP contribution in [0, 0.1) is 0 Å². The van der Waals surface area contributed by atoms with Crippen molar-refractivity contribution in [1.29, 1.82) is 0 Å². The van der Waals surface area contributed by atoms with Crippen molar-refractivity contribution in [3.05, 3.63) is 21.6 Å². The fraction of sp³-hybridized carbons (Fsp3) is 0.545. The number of halogens is 1. The molecule has 0 saturated heterocycles. The Morgan fingerprint density at radius 2 is 2.28 bits per heavy atom. The maximum atomic E-state index is 11.9. The van der Waals surface area contributed by atoms with Crippen LogP contribution in [0.5, 0.6) is 0 Å². The highest BCUT2D eigenvalue weighted by atomic mass is 35.5. The molecule has 1 N–H and O–H groups in total. The van der Waals surface area contributed by atoms with Gasteiger partial charge in [0.05, 0.1) is 11.9 Å². The van der Waals surface area contributed by atoms with Crippen molar-refractivity contribution in [2.75, 3.05) is 18.9 Å². The third kappa shape index (κ3) is 3.01. The van der Waals surface area contributed by atoms with Crippen LogP contribution in [0.1, 0.15) is 13.8 Å². The Hall–Kier alpha value is -1.56. The second kappa shape index (κ2) is 5.86. The SMILES string of the molecule is CCN(C)C(=O)C(C)Nc1cnn(C)c(=O)c1Cl. The Morgan fingerprint density at radius 1 is 1.67 bits per heavy atom. The van der Waals surface area contributed by atoms with Crippen molar-refractivity contribution in [2.24, 2.45) is 7.05 Å². The molecule has 0 bridgehead atoms. The van der Waals surface area contributed by atoms with Crippen LogP contribution in [-0.2, 0) is 11.8 Å². The van der Waals surface area contributed by atoms with Gasteiger partial charge in [0.25, 0.3) is 5.56 Å². The smallest absolute Gasteiger partial charge is 0.287 e. The number of nitrogens with one attached hydrogen (secondary N) is 1. The molecule has 0 aliphatic heterocycles. The van der Waals surface area contributed by atoms with Crippen LogP contribution in [0.3, 0.4) is 0 Å². The fourth-order valence-corrected chi connectivity index (χ4v) is 1.62. The Bertz CT molecular complexity index is 500. The summed E-state index contributed by atoms with van der Waals surface area (Å²) in [5.41, 5.74) is -0.0321. The molecule has 1 amide bonds. The molecule has 1 atom stereocenters. The number of hydrogen-bond acceptors (Lipinski definition) is 4. The summed E-state index contributed by atoms with van der Waals surface area (Å²) in [6, 6.07) is -0.471. The second-order valence-corrected chi connectivity index (χ2v) is 4.40. The van der Waals surface area contributed by atoms with E-state index < -0.39 is 11.6 Å². The molecule has 0 aliphatic rings. The first-order chi connectivity index (χ1) is 8.38. The molecule has 1 aromatic heterocycles. The lowest BCUT2D eigenvalue weighted by molar-refractivity contribution is -0.130. The zero-order valence-electron chi connectivity index (χ0n) is 10.9. The van der Waals surface area contributed by atoms with Crippen LogP contribution in [0.25, 0.3) is 0 Å². The number of rotatable bonds is 4. The van der Waals surface area contributed by atoms with Crippen LogP contribution < -0.4 is 10.9 Å². The van der Waals surface area contributed by atoms with Gasteiger partial charge >= 0.3 is 0 Å². The molecule has 0 fully saturated rings. The first-order valence-electron chi connectivity index (χ1n) is 5.61. The Balaban J connectivity index is 2.89. The number of amides is 1. The molecule has 6 nitrogen and oxygen atoms in total. The number of nitrogens with zero attached hydrogens (tertiary/aromatic N) is 3. The maximum Gasteiger partial charge on any atom is 0.287 e. The lowest BCUT2D eigenvalue weighted by atomic mass is 10.2. The van der Waals surface area contributed by atoms with Crippen LogP contribution >= 0.6 is 11.6 Å². The average Bonchev–Trinajstić information content (AvgIpc) is 2.37. The summed E-state index contributed by atoms with van der Waals surface area (Å²) in [4.78, 5) is 25.0. The Morgan fingerprint density at radius 3 is 2.83 bits per heavy atom. The lowest BCUT2D eigenvalue weighted by Crippen LogP contribution is -2.39. The van der Waals surface area contributed by atoms with Gasteiger partial charge in [-0.2, -0.15) is 5.10 Å². The largest absolute Gasteiger partial charge is 0.371 e. The highest BCUT2D eigenvalue weighted by Crippen LogP contribution is 2.16. The predicted molar refractivity (Wildman–Crippen MR) is 70.9 cm³/mol. The molecular formula is C11H17ClN4O2. The minimum atomic E-state index is -0.471. The highest BCUT2D eigenvalue weighted by Gasteiger charge is 2.18. The summed E-state index contributed by atoms with van der Waals surface area (Å²) in [5, 5.41) is 6.78. The second-order valence-electron chi connectivity index (χ2n) is 4.02. The number of likely N-dealkylation sites (N-methyl/N-ethyl adjacent to an activating group) is 1. The van der Waals surface area contributed by atoms with E-state index in [2.05, 4.69) is 10.4 Å². The summed E-state index contributed by atoms with van der Waals surface area (Å²) < 4.78 is 1.14. The molecule has 1 aromatic rings. The highest BCUT2D eigenvalue weighted by molar-refractivity contribution is 6.33. The molecule has 0 spiro atoms. The zero-order valence-corrected chi connectivity index (χ0v) is 11.7. The van der Waals surface area contributed by atoms with Crippen molar-refractivity contribution >= 4 is 23.2 Å². The molecule has 0 saturated carbocycles. The van der Waals surface area contributed by atoms with E-state index in [4.69, 9.17) is 11.6 Å². The third-order valence-corrected chi connectivity index (χ3v) is 3.04. The standard InChI is InChI=1S/C11H17ClN4O2/c1-5-15(3)10(17)7(2)14-8-6-13-16(4)11(18)9(8)12/h6-7,14H,5H2,1-4H3. The number of carbonyl (C=O) groups excluding carboxylic acids is 1. The van der Waals surface area contributed by atoms with Gasteiger partial charge in [0, 0.05) is 20.6 Å². The molecule has 1 heterocycles. The van der Waals surface area contributed by atoms with E-state index in [9.17, 15) is 9.59 Å². The van der Waals surface area contributed by atoms with Crippen molar-refractivity contribution in [1.82, 2.24) is 14.7 Å². The Labute approximate surface area is 111 Å². The number of anilines is 1. The minimum absolute atomic E-state index is 0.0336. The average molecular weight is 273 g/mol. The van der Waals surface area contributed by atoms with E-state index in [0.29, 0.717) is 12.2 Å². The minimum Gasteiger partial charge on any atom is -0.371 e. The quantitative estimate of drug-likeness (QED) is 0.877. The lowest BCUT2D eigenvalue weighted by Gasteiger charge is -2.21. The van der Waals surface area contributed by atoms with Crippen LogP contribution in [0.4, 0.5) is 5.69 Å². The monoisotopic (exact) mass is 272 g/mol. The molecule has 18 heavy (non-hydrogen) atoms. The van der Waals surface area contributed by atoms with Gasteiger partial charge in [-0.25, -0.2) is 4.68 Å². The molecule has 100 valence electrons. The zero-order chi connectivity index (χ0) is 13.9. The summed E-state index contributed by atoms with van der Waals surface area (Å²) in [5.74, 6) is -0.0748. The topological polar surface area (TPSA) is 67.2 Å². The van der Waals surface area contributed by atoms with Crippen molar-refractivity contribution in [3.63, 3.8) is 0 Å². The summed E-state index contributed by atoms with van der Waals surface area (Å²) in [7, 11) is 3.22. The third-order valence-electron chi connectivity index (χ3n) is 2.67. The number of aryl methyl sites for hydroxylation is 1. The van der Waals surface area contributed by atoms with E-state index >= 15 is 0 Å². The maximum absolute atomic E-state index is 11.9. The number of carbonyl (C=O) groups is 1. The normalized spacial score (nSPS) is 12.1.